The molecule has 3 nitrogen and oxygen atoms in total. The van der Waals surface area contributed by atoms with Gasteiger partial charge in [-0.05, 0) is 67.0 Å². The third kappa shape index (κ3) is 4.26. The summed E-state index contributed by atoms with van der Waals surface area (Å²) in [4.78, 5) is 18.4. The average Bonchev–Trinajstić information content (AvgIpc) is 3.36. The maximum absolute atomic E-state index is 13.6. The summed E-state index contributed by atoms with van der Waals surface area (Å²) in [7, 11) is 0. The van der Waals surface area contributed by atoms with Crippen LogP contribution in [-0.2, 0) is 23.2 Å². The van der Waals surface area contributed by atoms with E-state index in [0.717, 1.165) is 45.2 Å². The van der Waals surface area contributed by atoms with Crippen molar-refractivity contribution in [2.75, 3.05) is 11.4 Å². The monoisotopic (exact) mass is 466 g/mol. The molecule has 1 amide bonds. The van der Waals surface area contributed by atoms with Gasteiger partial charge < -0.3 is 9.80 Å². The second kappa shape index (κ2) is 9.89. The number of likely N-dealkylation sites (tertiary alicyclic amines) is 1. The topological polar surface area (TPSA) is 23.6 Å². The van der Waals surface area contributed by atoms with E-state index >= 15 is 0 Å². The van der Waals surface area contributed by atoms with Gasteiger partial charge in [-0.1, -0.05) is 86.5 Å². The number of para-hydroxylation sites is 1. The lowest BCUT2D eigenvalue weighted by Gasteiger charge is -2.39. The number of fused-ring (bicyclic) bond motifs is 3. The van der Waals surface area contributed by atoms with E-state index in [4.69, 9.17) is 0 Å². The number of unbranched alkanes of at least 4 members (excludes halogenated alkanes) is 2. The summed E-state index contributed by atoms with van der Waals surface area (Å²) >= 11 is 0. The van der Waals surface area contributed by atoms with E-state index in [9.17, 15) is 4.79 Å². The van der Waals surface area contributed by atoms with Crippen molar-refractivity contribution in [1.29, 1.82) is 0 Å². The molecule has 0 aliphatic carbocycles. The summed E-state index contributed by atoms with van der Waals surface area (Å²) in [6.45, 7) is 8.27. The highest BCUT2D eigenvalue weighted by Crippen LogP contribution is 2.54. The number of carbonyl (C=O) groups excluding carboxylic acids is 1. The third-order valence-electron chi connectivity index (χ3n) is 8.32. The summed E-state index contributed by atoms with van der Waals surface area (Å²) in [6.07, 6.45) is 5.91. The molecule has 0 radical (unpaired) electrons. The molecule has 2 aliphatic heterocycles. The van der Waals surface area contributed by atoms with Crippen LogP contribution >= 0.6 is 0 Å². The Morgan fingerprint density at radius 1 is 0.886 bits per heavy atom. The first-order valence-electron chi connectivity index (χ1n) is 13.3. The van der Waals surface area contributed by atoms with E-state index < -0.39 is 0 Å². The van der Waals surface area contributed by atoms with Gasteiger partial charge in [0.2, 0.25) is 5.91 Å². The molecule has 2 atom stereocenters. The van der Waals surface area contributed by atoms with Crippen LogP contribution in [0.2, 0.25) is 0 Å². The minimum absolute atomic E-state index is 0.0493. The van der Waals surface area contributed by atoms with Crippen LogP contribution in [0.3, 0.4) is 0 Å². The van der Waals surface area contributed by atoms with E-state index in [-0.39, 0.29) is 11.6 Å². The Hall–Kier alpha value is -3.07. The molecular formula is C32H38N2O. The first-order valence-corrected chi connectivity index (χ1v) is 13.3. The van der Waals surface area contributed by atoms with Gasteiger partial charge in [-0.2, -0.15) is 0 Å². The van der Waals surface area contributed by atoms with Crippen LogP contribution in [0, 0.1) is 13.8 Å². The van der Waals surface area contributed by atoms with E-state index in [2.05, 4.69) is 103 Å². The summed E-state index contributed by atoms with van der Waals surface area (Å²) in [5.41, 5.74) is 7.98. The molecule has 0 aromatic heterocycles. The number of carbonyl (C=O) groups is 1. The van der Waals surface area contributed by atoms with Crippen molar-refractivity contribution < 1.29 is 4.79 Å². The van der Waals surface area contributed by atoms with Crippen molar-refractivity contribution in [3.05, 3.63) is 101 Å². The second-order valence-corrected chi connectivity index (χ2v) is 10.5. The Morgan fingerprint density at radius 3 is 2.26 bits per heavy atom. The smallest absolute Gasteiger partial charge is 0.224 e. The normalized spacial score (nSPS) is 20.7. The minimum Gasteiger partial charge on any atom is -0.346 e. The van der Waals surface area contributed by atoms with Gasteiger partial charge in [0, 0.05) is 30.6 Å². The van der Waals surface area contributed by atoms with Gasteiger partial charge in [0.1, 0.15) is 6.17 Å². The molecule has 1 fully saturated rings. The molecule has 2 unspecified atom stereocenters. The van der Waals surface area contributed by atoms with Gasteiger partial charge in [-0.15, -0.1) is 0 Å². The Balaban J connectivity index is 1.59. The largest absolute Gasteiger partial charge is 0.346 e. The number of hydrogen-bond acceptors (Lipinski definition) is 2. The molecule has 1 saturated heterocycles. The molecule has 35 heavy (non-hydrogen) atoms. The van der Waals surface area contributed by atoms with Crippen LogP contribution in [0.1, 0.15) is 66.8 Å². The minimum atomic E-state index is -0.0915. The van der Waals surface area contributed by atoms with E-state index in [1.807, 2.05) is 0 Å². The zero-order chi connectivity index (χ0) is 24.4. The molecule has 3 heteroatoms. The third-order valence-corrected chi connectivity index (χ3v) is 8.32. The van der Waals surface area contributed by atoms with E-state index in [1.165, 1.54) is 33.5 Å². The number of anilines is 1. The lowest BCUT2D eigenvalue weighted by Crippen LogP contribution is -2.52. The summed E-state index contributed by atoms with van der Waals surface area (Å²) in [5.74, 6) is 0.317. The second-order valence-electron chi connectivity index (χ2n) is 10.5. The molecule has 182 valence electrons. The summed E-state index contributed by atoms with van der Waals surface area (Å²) in [6, 6.07) is 26.4. The molecule has 3 aromatic rings. The molecule has 5 rings (SSSR count). The highest BCUT2D eigenvalue weighted by atomic mass is 16.2. The van der Waals surface area contributed by atoms with Crippen molar-refractivity contribution in [3.8, 4) is 0 Å². The predicted molar refractivity (Wildman–Crippen MR) is 145 cm³/mol. The first-order chi connectivity index (χ1) is 17.0. The van der Waals surface area contributed by atoms with Crippen LogP contribution < -0.4 is 4.90 Å². The fourth-order valence-electron chi connectivity index (χ4n) is 6.38. The fraction of sp³-hybridized carbons (Fsp3) is 0.406. The van der Waals surface area contributed by atoms with Crippen LogP contribution in [0.5, 0.6) is 0 Å². The summed E-state index contributed by atoms with van der Waals surface area (Å²) in [5, 5.41) is 0. The first kappa shape index (κ1) is 23.7. The van der Waals surface area contributed by atoms with Gasteiger partial charge in [0.15, 0.2) is 0 Å². The molecule has 2 aliphatic rings. The highest BCUT2D eigenvalue weighted by molar-refractivity contribution is 5.80. The Labute approximate surface area is 210 Å². The number of amides is 1. The Morgan fingerprint density at radius 2 is 1.54 bits per heavy atom. The Bertz CT molecular complexity index is 1200. The summed E-state index contributed by atoms with van der Waals surface area (Å²) < 4.78 is 0. The van der Waals surface area contributed by atoms with Crippen molar-refractivity contribution in [1.82, 2.24) is 4.90 Å². The maximum atomic E-state index is 13.6. The standard InChI is InChI=1S/C32H38N2O/c1-4-5-6-19-30(35)33-21-20-32(22-26-15-9-7-13-24(26)2)28-17-11-12-18-29(28)34(31(32)33)23-27-16-10-8-14-25(27)3/h7-18,31H,4-6,19-23H2,1-3H3. The van der Waals surface area contributed by atoms with Gasteiger partial charge in [-0.25, -0.2) is 0 Å². The van der Waals surface area contributed by atoms with Gasteiger partial charge >= 0.3 is 0 Å². The van der Waals surface area contributed by atoms with Crippen LogP contribution in [0.15, 0.2) is 72.8 Å². The van der Waals surface area contributed by atoms with Gasteiger partial charge in [-0.3, -0.25) is 4.79 Å². The SMILES string of the molecule is CCCCCC(=O)N1CCC2(Cc3ccccc3C)c3ccccc3N(Cc3ccccc3C)C12. The zero-order valence-corrected chi connectivity index (χ0v) is 21.5. The van der Waals surface area contributed by atoms with Gasteiger partial charge in [0.25, 0.3) is 0 Å². The van der Waals surface area contributed by atoms with E-state index in [0.29, 0.717) is 12.3 Å². The lowest BCUT2D eigenvalue weighted by molar-refractivity contribution is -0.132. The molecule has 0 N–H and O–H groups in total. The molecule has 0 bridgehead atoms. The van der Waals surface area contributed by atoms with Crippen LogP contribution in [-0.4, -0.2) is 23.5 Å². The number of aryl methyl sites for hydroxylation is 2. The van der Waals surface area contributed by atoms with Crippen molar-refractivity contribution in [2.24, 2.45) is 0 Å². The quantitative estimate of drug-likeness (QED) is 0.336. The zero-order valence-electron chi connectivity index (χ0n) is 21.5. The molecular weight excluding hydrogens is 428 g/mol. The van der Waals surface area contributed by atoms with Crippen molar-refractivity contribution >= 4 is 11.6 Å². The van der Waals surface area contributed by atoms with Crippen molar-refractivity contribution in [2.45, 2.75) is 77.4 Å². The molecule has 0 spiro atoms. The molecule has 3 aromatic carbocycles. The maximum Gasteiger partial charge on any atom is 0.224 e. The number of hydrogen-bond donors (Lipinski definition) is 0. The van der Waals surface area contributed by atoms with E-state index in [1.54, 1.807) is 0 Å². The molecule has 0 saturated carbocycles. The Kier molecular flexibility index (Phi) is 6.69. The highest BCUT2D eigenvalue weighted by Gasteiger charge is 2.58. The molecule has 2 heterocycles. The number of benzene rings is 3. The predicted octanol–water partition coefficient (Wildman–Crippen LogP) is 6.94. The van der Waals surface area contributed by atoms with Gasteiger partial charge in [0.05, 0.1) is 0 Å². The number of nitrogens with zero attached hydrogens (tertiary/aromatic N) is 2. The fourth-order valence-corrected chi connectivity index (χ4v) is 6.38. The number of rotatable bonds is 8. The van der Waals surface area contributed by atoms with Crippen molar-refractivity contribution in [3.63, 3.8) is 0 Å². The lowest BCUT2D eigenvalue weighted by atomic mass is 9.73. The van der Waals surface area contributed by atoms with Crippen LogP contribution in [0.4, 0.5) is 5.69 Å². The average molecular weight is 467 g/mol. The van der Waals surface area contributed by atoms with Crippen LogP contribution in [0.25, 0.3) is 0 Å².